The average molecular weight is 200 g/mol. The molecular formula is C10H16O4. The number of rotatable bonds is 3. The summed E-state index contributed by atoms with van der Waals surface area (Å²) < 4.78 is 15.3. The van der Waals surface area contributed by atoms with Crippen LogP contribution in [0.5, 0.6) is 0 Å². The largest absolute Gasteiger partial charge is 0.466 e. The number of carbonyl (C=O) groups excluding carboxylic acids is 1. The maximum atomic E-state index is 11.0. The Morgan fingerprint density at radius 2 is 2.50 bits per heavy atom. The van der Waals surface area contributed by atoms with E-state index in [4.69, 9.17) is 9.47 Å². The molecule has 4 heteroatoms. The molecule has 1 aliphatic rings. The molecule has 1 unspecified atom stereocenters. The maximum absolute atomic E-state index is 11.0. The van der Waals surface area contributed by atoms with Crippen LogP contribution in [0.15, 0.2) is 11.6 Å². The number of hydrogen-bond donors (Lipinski definition) is 0. The molecule has 1 fully saturated rings. The summed E-state index contributed by atoms with van der Waals surface area (Å²) in [4.78, 5) is 11.0. The predicted molar refractivity (Wildman–Crippen MR) is 50.9 cm³/mol. The molecule has 0 aromatic heterocycles. The molecule has 1 rings (SSSR count). The Morgan fingerprint density at radius 1 is 1.71 bits per heavy atom. The van der Waals surface area contributed by atoms with E-state index in [1.54, 1.807) is 0 Å². The van der Waals surface area contributed by atoms with Gasteiger partial charge in [-0.25, -0.2) is 4.79 Å². The number of esters is 1. The minimum atomic E-state index is -0.327. The monoisotopic (exact) mass is 200 g/mol. The third kappa shape index (κ3) is 3.12. The Morgan fingerprint density at radius 3 is 3.14 bits per heavy atom. The molecule has 1 heterocycles. The van der Waals surface area contributed by atoms with Crippen molar-refractivity contribution in [3.05, 3.63) is 11.6 Å². The summed E-state index contributed by atoms with van der Waals surface area (Å²) in [6.07, 6.45) is 2.15. The second-order valence-electron chi connectivity index (χ2n) is 3.01. The molecule has 0 aromatic carbocycles. The molecule has 80 valence electrons. The van der Waals surface area contributed by atoms with Crippen LogP contribution < -0.4 is 0 Å². The lowest BCUT2D eigenvalue weighted by Gasteiger charge is -2.25. The predicted octanol–water partition coefficient (Wildman–Crippen LogP) is 0.911. The Balaban J connectivity index is 2.61. The second-order valence-corrected chi connectivity index (χ2v) is 3.01. The van der Waals surface area contributed by atoms with Gasteiger partial charge in [-0.2, -0.15) is 0 Å². The van der Waals surface area contributed by atoms with Gasteiger partial charge >= 0.3 is 5.97 Å². The fourth-order valence-corrected chi connectivity index (χ4v) is 1.38. The van der Waals surface area contributed by atoms with Crippen molar-refractivity contribution in [1.82, 2.24) is 0 Å². The number of ether oxygens (including phenoxy) is 3. The minimum Gasteiger partial charge on any atom is -0.466 e. The van der Waals surface area contributed by atoms with Crippen molar-refractivity contribution in [2.45, 2.75) is 19.4 Å². The van der Waals surface area contributed by atoms with Crippen molar-refractivity contribution >= 4 is 5.97 Å². The third-order valence-corrected chi connectivity index (χ3v) is 2.09. The van der Waals surface area contributed by atoms with Crippen LogP contribution in [0.4, 0.5) is 0 Å². The van der Waals surface area contributed by atoms with E-state index in [9.17, 15) is 4.79 Å². The van der Waals surface area contributed by atoms with Crippen molar-refractivity contribution in [3.63, 3.8) is 0 Å². The van der Waals surface area contributed by atoms with Gasteiger partial charge in [0.25, 0.3) is 0 Å². The minimum absolute atomic E-state index is 0.0900. The molecule has 14 heavy (non-hydrogen) atoms. The van der Waals surface area contributed by atoms with E-state index >= 15 is 0 Å². The SMILES string of the molecule is CCOC1COCC/C1=C\C(=O)OC. The molecule has 4 nitrogen and oxygen atoms in total. The molecular weight excluding hydrogens is 184 g/mol. The van der Waals surface area contributed by atoms with Crippen molar-refractivity contribution < 1.29 is 19.0 Å². The Kier molecular flexibility index (Phi) is 4.62. The molecule has 0 aliphatic carbocycles. The third-order valence-electron chi connectivity index (χ3n) is 2.09. The molecule has 1 saturated heterocycles. The Labute approximate surface area is 83.8 Å². The van der Waals surface area contributed by atoms with Crippen LogP contribution in [0, 0.1) is 0 Å². The highest BCUT2D eigenvalue weighted by Crippen LogP contribution is 2.17. The summed E-state index contributed by atoms with van der Waals surface area (Å²) in [5.41, 5.74) is 0.963. The Bertz CT molecular complexity index is 220. The van der Waals surface area contributed by atoms with E-state index in [1.807, 2.05) is 6.92 Å². The van der Waals surface area contributed by atoms with Gasteiger partial charge < -0.3 is 14.2 Å². The van der Waals surface area contributed by atoms with Gasteiger partial charge in [-0.05, 0) is 18.9 Å². The zero-order valence-corrected chi connectivity index (χ0v) is 8.62. The zero-order valence-electron chi connectivity index (χ0n) is 8.62. The van der Waals surface area contributed by atoms with Crippen LogP contribution in [0.3, 0.4) is 0 Å². The van der Waals surface area contributed by atoms with Crippen molar-refractivity contribution in [2.24, 2.45) is 0 Å². The Hall–Kier alpha value is -0.870. The van der Waals surface area contributed by atoms with E-state index in [0.29, 0.717) is 19.8 Å². The fourth-order valence-electron chi connectivity index (χ4n) is 1.38. The van der Waals surface area contributed by atoms with Gasteiger partial charge in [0, 0.05) is 12.7 Å². The fraction of sp³-hybridized carbons (Fsp3) is 0.700. The molecule has 0 aromatic rings. The van der Waals surface area contributed by atoms with Crippen molar-refractivity contribution in [1.29, 1.82) is 0 Å². The maximum Gasteiger partial charge on any atom is 0.330 e. The first-order valence-electron chi connectivity index (χ1n) is 4.75. The first-order chi connectivity index (χ1) is 6.77. The number of hydrogen-bond acceptors (Lipinski definition) is 4. The van der Waals surface area contributed by atoms with E-state index < -0.39 is 0 Å². The molecule has 0 N–H and O–H groups in total. The normalized spacial score (nSPS) is 25.0. The number of methoxy groups -OCH3 is 1. The molecule has 0 radical (unpaired) electrons. The molecule has 1 aliphatic heterocycles. The highest BCUT2D eigenvalue weighted by Gasteiger charge is 2.20. The molecule has 0 bridgehead atoms. The zero-order chi connectivity index (χ0) is 10.4. The van der Waals surface area contributed by atoms with Crippen LogP contribution in [0.1, 0.15) is 13.3 Å². The quantitative estimate of drug-likeness (QED) is 0.502. The topological polar surface area (TPSA) is 44.8 Å². The molecule has 0 amide bonds. The van der Waals surface area contributed by atoms with E-state index in [2.05, 4.69) is 4.74 Å². The van der Waals surface area contributed by atoms with Crippen molar-refractivity contribution in [3.8, 4) is 0 Å². The summed E-state index contributed by atoms with van der Waals surface area (Å²) in [6.45, 7) is 3.71. The molecule has 1 atom stereocenters. The smallest absolute Gasteiger partial charge is 0.330 e. The van der Waals surface area contributed by atoms with Gasteiger partial charge in [-0.15, -0.1) is 0 Å². The highest BCUT2D eigenvalue weighted by molar-refractivity contribution is 5.82. The van der Waals surface area contributed by atoms with Gasteiger partial charge in [-0.1, -0.05) is 0 Å². The van der Waals surface area contributed by atoms with Gasteiger partial charge in [-0.3, -0.25) is 0 Å². The van der Waals surface area contributed by atoms with Gasteiger partial charge in [0.1, 0.15) is 6.10 Å². The summed E-state index contributed by atoms with van der Waals surface area (Å²) in [7, 11) is 1.37. The van der Waals surface area contributed by atoms with Crippen LogP contribution in [0.2, 0.25) is 0 Å². The first kappa shape index (κ1) is 11.2. The highest BCUT2D eigenvalue weighted by atomic mass is 16.5. The number of carbonyl (C=O) groups is 1. The lowest BCUT2D eigenvalue weighted by molar-refractivity contribution is -0.135. The summed E-state index contributed by atoms with van der Waals surface area (Å²) in [6, 6.07) is 0. The van der Waals surface area contributed by atoms with Gasteiger partial charge in [0.05, 0.1) is 20.3 Å². The summed E-state index contributed by atoms with van der Waals surface area (Å²) in [5, 5.41) is 0. The van der Waals surface area contributed by atoms with Gasteiger partial charge in [0.15, 0.2) is 0 Å². The average Bonchev–Trinajstić information content (AvgIpc) is 2.21. The van der Waals surface area contributed by atoms with Crippen LogP contribution in [-0.2, 0) is 19.0 Å². The summed E-state index contributed by atoms with van der Waals surface area (Å²) >= 11 is 0. The standard InChI is InChI=1S/C10H16O4/c1-3-14-9-7-13-5-4-8(9)6-10(11)12-2/h6,9H,3-5,7H2,1-2H3/b8-6+. The van der Waals surface area contributed by atoms with E-state index in [0.717, 1.165) is 12.0 Å². The summed E-state index contributed by atoms with van der Waals surface area (Å²) in [5.74, 6) is -0.327. The van der Waals surface area contributed by atoms with Gasteiger partial charge in [0.2, 0.25) is 0 Å². The molecule has 0 saturated carbocycles. The van der Waals surface area contributed by atoms with E-state index in [-0.39, 0.29) is 12.1 Å². The lowest BCUT2D eigenvalue weighted by Crippen LogP contribution is -2.28. The second kappa shape index (κ2) is 5.78. The van der Waals surface area contributed by atoms with Crippen LogP contribution in [-0.4, -0.2) is 39.0 Å². The van der Waals surface area contributed by atoms with Crippen molar-refractivity contribution in [2.75, 3.05) is 26.9 Å². The van der Waals surface area contributed by atoms with Crippen LogP contribution in [0.25, 0.3) is 0 Å². The lowest BCUT2D eigenvalue weighted by atomic mass is 10.0. The first-order valence-corrected chi connectivity index (χ1v) is 4.75. The van der Waals surface area contributed by atoms with E-state index in [1.165, 1.54) is 13.2 Å². The molecule has 0 spiro atoms. The van der Waals surface area contributed by atoms with Crippen LogP contribution >= 0.6 is 0 Å².